The zero-order valence-electron chi connectivity index (χ0n) is 14.5. The zero-order valence-corrected chi connectivity index (χ0v) is 14.5. The second-order valence-corrected chi connectivity index (χ2v) is 5.61. The number of hydrogen-bond donors (Lipinski definition) is 1. The third kappa shape index (κ3) is 3.77. The molecule has 0 aliphatic carbocycles. The molecular formula is C16H21N7O2. The lowest BCUT2D eigenvalue weighted by atomic mass is 10.2. The molecule has 3 aromatic heterocycles. The molecule has 0 atom stereocenters. The number of aromatic nitrogens is 6. The second kappa shape index (κ2) is 7.31. The van der Waals surface area contributed by atoms with E-state index in [0.29, 0.717) is 24.7 Å². The standard InChI is InChI=1S/C16H21N7O2/c1-4-23-12(2)13(7-18-23)9-22-10-14(8-17-22)19-16(24)15-5-6-21(20-15)11-25-3/h5-8,10H,4,9,11H2,1-3H3,(H,19,24). The fourth-order valence-electron chi connectivity index (χ4n) is 2.53. The van der Waals surface area contributed by atoms with Gasteiger partial charge in [-0.2, -0.15) is 15.3 Å². The fraction of sp³-hybridized carbons (Fsp3) is 0.375. The molecule has 25 heavy (non-hydrogen) atoms. The summed E-state index contributed by atoms with van der Waals surface area (Å²) in [6.07, 6.45) is 6.94. The van der Waals surface area contributed by atoms with Crippen LogP contribution in [0.25, 0.3) is 0 Å². The van der Waals surface area contributed by atoms with Crippen LogP contribution in [0.15, 0.2) is 30.9 Å². The molecule has 1 amide bonds. The Morgan fingerprint density at radius 3 is 2.84 bits per heavy atom. The lowest BCUT2D eigenvalue weighted by molar-refractivity contribution is 0.101. The van der Waals surface area contributed by atoms with Gasteiger partial charge in [0.05, 0.1) is 24.6 Å². The molecule has 3 rings (SSSR count). The van der Waals surface area contributed by atoms with Gasteiger partial charge in [-0.1, -0.05) is 0 Å². The Kier molecular flexibility index (Phi) is 4.94. The number of rotatable bonds is 7. The molecule has 0 aliphatic rings. The van der Waals surface area contributed by atoms with Gasteiger partial charge in [0, 0.05) is 37.3 Å². The minimum Gasteiger partial charge on any atom is -0.362 e. The molecule has 0 radical (unpaired) electrons. The molecule has 0 bridgehead atoms. The van der Waals surface area contributed by atoms with Gasteiger partial charge in [0.15, 0.2) is 5.69 Å². The summed E-state index contributed by atoms with van der Waals surface area (Å²) in [5.74, 6) is -0.288. The fourth-order valence-corrected chi connectivity index (χ4v) is 2.53. The predicted molar refractivity (Wildman–Crippen MR) is 91.2 cm³/mol. The molecule has 9 nitrogen and oxygen atoms in total. The maximum Gasteiger partial charge on any atom is 0.276 e. The lowest BCUT2D eigenvalue weighted by Gasteiger charge is -2.03. The number of hydrogen-bond acceptors (Lipinski definition) is 5. The molecular weight excluding hydrogens is 322 g/mol. The van der Waals surface area contributed by atoms with Crippen molar-refractivity contribution in [3.8, 4) is 0 Å². The quantitative estimate of drug-likeness (QED) is 0.702. The summed E-state index contributed by atoms with van der Waals surface area (Å²) in [5.41, 5.74) is 3.16. The van der Waals surface area contributed by atoms with Gasteiger partial charge in [-0.15, -0.1) is 0 Å². The highest BCUT2D eigenvalue weighted by molar-refractivity contribution is 6.02. The molecule has 9 heteroatoms. The van der Waals surface area contributed by atoms with E-state index in [-0.39, 0.29) is 5.91 Å². The molecule has 0 aliphatic heterocycles. The van der Waals surface area contributed by atoms with Crippen molar-refractivity contribution in [3.63, 3.8) is 0 Å². The van der Waals surface area contributed by atoms with E-state index in [2.05, 4.69) is 27.5 Å². The Hall–Kier alpha value is -2.94. The van der Waals surface area contributed by atoms with Crippen LogP contribution in [0.3, 0.4) is 0 Å². The van der Waals surface area contributed by atoms with Crippen LogP contribution in [0.5, 0.6) is 0 Å². The van der Waals surface area contributed by atoms with Gasteiger partial charge in [-0.3, -0.25) is 14.2 Å². The Bertz CT molecular complexity index is 862. The molecule has 0 spiro atoms. The SMILES string of the molecule is CCn1ncc(Cn2cc(NC(=O)c3ccn(COC)n3)cn2)c1C. The van der Waals surface area contributed by atoms with Crippen molar-refractivity contribution in [1.29, 1.82) is 0 Å². The Labute approximate surface area is 145 Å². The van der Waals surface area contributed by atoms with Crippen molar-refractivity contribution >= 4 is 11.6 Å². The van der Waals surface area contributed by atoms with Gasteiger partial charge in [0.2, 0.25) is 0 Å². The van der Waals surface area contributed by atoms with E-state index in [0.717, 1.165) is 17.8 Å². The number of nitrogens with one attached hydrogen (secondary N) is 1. The summed E-state index contributed by atoms with van der Waals surface area (Å²) < 4.78 is 10.2. The monoisotopic (exact) mass is 343 g/mol. The Morgan fingerprint density at radius 2 is 2.12 bits per heavy atom. The summed E-state index contributed by atoms with van der Waals surface area (Å²) in [7, 11) is 1.57. The number of carbonyl (C=O) groups is 1. The molecule has 3 aromatic rings. The van der Waals surface area contributed by atoms with Crippen LogP contribution in [0.4, 0.5) is 5.69 Å². The summed E-state index contributed by atoms with van der Waals surface area (Å²) in [6.45, 7) is 5.83. The number of nitrogens with zero attached hydrogens (tertiary/aromatic N) is 6. The van der Waals surface area contributed by atoms with Crippen molar-refractivity contribution in [3.05, 3.63) is 47.8 Å². The van der Waals surface area contributed by atoms with Crippen LogP contribution < -0.4 is 5.32 Å². The van der Waals surface area contributed by atoms with Crippen molar-refractivity contribution in [2.45, 2.75) is 33.7 Å². The molecule has 1 N–H and O–H groups in total. The van der Waals surface area contributed by atoms with Crippen molar-refractivity contribution in [2.24, 2.45) is 0 Å². The van der Waals surface area contributed by atoms with E-state index in [4.69, 9.17) is 4.74 Å². The number of methoxy groups -OCH3 is 1. The van der Waals surface area contributed by atoms with Crippen molar-refractivity contribution in [2.75, 3.05) is 12.4 Å². The average molecular weight is 343 g/mol. The topological polar surface area (TPSA) is 91.8 Å². The number of anilines is 1. The van der Waals surface area contributed by atoms with Gasteiger partial charge in [-0.05, 0) is 19.9 Å². The van der Waals surface area contributed by atoms with Gasteiger partial charge < -0.3 is 10.1 Å². The van der Waals surface area contributed by atoms with Gasteiger partial charge in [0.1, 0.15) is 6.73 Å². The lowest BCUT2D eigenvalue weighted by Crippen LogP contribution is -2.13. The third-order valence-corrected chi connectivity index (χ3v) is 3.86. The van der Waals surface area contributed by atoms with E-state index in [1.165, 1.54) is 0 Å². The first-order valence-corrected chi connectivity index (χ1v) is 7.98. The molecule has 0 saturated carbocycles. The molecule has 0 unspecified atom stereocenters. The van der Waals surface area contributed by atoms with Crippen LogP contribution in [0.2, 0.25) is 0 Å². The summed E-state index contributed by atoms with van der Waals surface area (Å²) in [6, 6.07) is 1.64. The molecule has 0 fully saturated rings. The van der Waals surface area contributed by atoms with E-state index in [1.807, 2.05) is 17.8 Å². The minimum atomic E-state index is -0.288. The van der Waals surface area contributed by atoms with Crippen LogP contribution in [0, 0.1) is 6.92 Å². The van der Waals surface area contributed by atoms with Crippen molar-refractivity contribution < 1.29 is 9.53 Å². The smallest absolute Gasteiger partial charge is 0.276 e. The summed E-state index contributed by atoms with van der Waals surface area (Å²) in [5, 5.41) is 15.5. The first-order chi connectivity index (χ1) is 12.1. The first kappa shape index (κ1) is 16.9. The number of aryl methyl sites for hydroxylation is 1. The van der Waals surface area contributed by atoms with Gasteiger partial charge in [-0.25, -0.2) is 4.68 Å². The van der Waals surface area contributed by atoms with Crippen LogP contribution in [-0.4, -0.2) is 42.4 Å². The maximum atomic E-state index is 12.2. The van der Waals surface area contributed by atoms with E-state index in [9.17, 15) is 4.79 Å². The van der Waals surface area contributed by atoms with E-state index >= 15 is 0 Å². The highest BCUT2D eigenvalue weighted by Gasteiger charge is 2.12. The number of carbonyl (C=O) groups excluding carboxylic acids is 1. The largest absolute Gasteiger partial charge is 0.362 e. The normalized spacial score (nSPS) is 11.0. The van der Waals surface area contributed by atoms with E-state index in [1.54, 1.807) is 41.1 Å². The molecule has 0 saturated heterocycles. The van der Waals surface area contributed by atoms with Gasteiger partial charge in [0.25, 0.3) is 5.91 Å². The highest BCUT2D eigenvalue weighted by atomic mass is 16.5. The summed E-state index contributed by atoms with van der Waals surface area (Å²) >= 11 is 0. The Balaban J connectivity index is 1.64. The highest BCUT2D eigenvalue weighted by Crippen LogP contribution is 2.12. The van der Waals surface area contributed by atoms with Crippen LogP contribution in [0.1, 0.15) is 28.7 Å². The molecule has 132 valence electrons. The average Bonchev–Trinajstić information content (AvgIpc) is 3.31. The van der Waals surface area contributed by atoms with Crippen LogP contribution in [-0.2, 0) is 24.6 Å². The first-order valence-electron chi connectivity index (χ1n) is 7.98. The predicted octanol–water partition coefficient (Wildman–Crippen LogP) is 1.51. The summed E-state index contributed by atoms with van der Waals surface area (Å²) in [4.78, 5) is 12.2. The maximum absolute atomic E-state index is 12.2. The van der Waals surface area contributed by atoms with Crippen LogP contribution >= 0.6 is 0 Å². The third-order valence-electron chi connectivity index (χ3n) is 3.86. The second-order valence-electron chi connectivity index (χ2n) is 5.61. The van der Waals surface area contributed by atoms with Crippen molar-refractivity contribution in [1.82, 2.24) is 29.3 Å². The Morgan fingerprint density at radius 1 is 1.28 bits per heavy atom. The molecule has 3 heterocycles. The number of ether oxygens (including phenoxy) is 1. The number of amides is 1. The van der Waals surface area contributed by atoms with Gasteiger partial charge >= 0.3 is 0 Å². The zero-order chi connectivity index (χ0) is 17.8. The molecule has 0 aromatic carbocycles. The minimum absolute atomic E-state index is 0.288. The van der Waals surface area contributed by atoms with E-state index < -0.39 is 0 Å².